The lowest BCUT2D eigenvalue weighted by atomic mass is 9.91. The molecule has 0 spiro atoms. The second kappa shape index (κ2) is 9.18. The van der Waals surface area contributed by atoms with Crippen LogP contribution >= 0.6 is 11.8 Å². The van der Waals surface area contributed by atoms with Gasteiger partial charge in [0.1, 0.15) is 6.17 Å². The van der Waals surface area contributed by atoms with E-state index in [4.69, 9.17) is 4.74 Å². The average molecular weight is 433 g/mol. The molecule has 4 rings (SSSR count). The highest BCUT2D eigenvalue weighted by molar-refractivity contribution is 8.00. The first-order valence-electron chi connectivity index (χ1n) is 10.0. The predicted octanol–water partition coefficient (Wildman–Crippen LogP) is 1.17. The SMILES string of the molecule is COC(=O)C1=NNC2C=CC(NC(=O)C3CN(CC4C=CC=CC4F)CCS3)=CC12. The van der Waals surface area contributed by atoms with Gasteiger partial charge in [0, 0.05) is 37.0 Å². The van der Waals surface area contributed by atoms with Gasteiger partial charge in [-0.1, -0.05) is 30.4 Å². The zero-order valence-electron chi connectivity index (χ0n) is 16.7. The van der Waals surface area contributed by atoms with Crippen molar-refractivity contribution < 1.29 is 18.7 Å². The summed E-state index contributed by atoms with van der Waals surface area (Å²) < 4.78 is 18.9. The number of rotatable bonds is 5. The molecule has 0 saturated carbocycles. The van der Waals surface area contributed by atoms with E-state index in [1.165, 1.54) is 7.11 Å². The number of methoxy groups -OCH3 is 1. The highest BCUT2D eigenvalue weighted by atomic mass is 32.2. The molecule has 1 saturated heterocycles. The molecule has 1 fully saturated rings. The van der Waals surface area contributed by atoms with Crippen LogP contribution in [-0.4, -0.2) is 72.4 Å². The molecule has 0 aromatic heterocycles. The number of amides is 1. The Morgan fingerprint density at radius 3 is 3.00 bits per heavy atom. The number of ether oxygens (including phenoxy) is 1. The van der Waals surface area contributed by atoms with Crippen molar-refractivity contribution in [2.75, 3.05) is 32.5 Å². The van der Waals surface area contributed by atoms with Crippen LogP contribution in [0.3, 0.4) is 0 Å². The number of alkyl halides is 1. The summed E-state index contributed by atoms with van der Waals surface area (Å²) in [5, 5.41) is 6.79. The van der Waals surface area contributed by atoms with Crippen LogP contribution < -0.4 is 10.7 Å². The van der Waals surface area contributed by atoms with Gasteiger partial charge in [-0.3, -0.25) is 4.79 Å². The fourth-order valence-electron chi connectivity index (χ4n) is 3.98. The van der Waals surface area contributed by atoms with Crippen molar-refractivity contribution in [1.29, 1.82) is 0 Å². The molecule has 160 valence electrons. The van der Waals surface area contributed by atoms with Crippen LogP contribution in [0.5, 0.6) is 0 Å². The fraction of sp³-hybridized carbons (Fsp3) is 0.476. The third-order valence-electron chi connectivity index (χ3n) is 5.63. The Morgan fingerprint density at radius 1 is 1.37 bits per heavy atom. The summed E-state index contributed by atoms with van der Waals surface area (Å²) in [5.74, 6) is -0.195. The van der Waals surface area contributed by atoms with Gasteiger partial charge >= 0.3 is 5.97 Å². The van der Waals surface area contributed by atoms with Crippen molar-refractivity contribution in [3.05, 3.63) is 48.2 Å². The van der Waals surface area contributed by atoms with E-state index in [-0.39, 0.29) is 29.0 Å². The summed E-state index contributed by atoms with van der Waals surface area (Å²) >= 11 is 1.61. The van der Waals surface area contributed by atoms with Crippen molar-refractivity contribution in [2.45, 2.75) is 17.5 Å². The standard InChI is InChI=1S/C21H25FN4O3S/c1-29-21(28)19-15-10-14(6-7-17(15)24-25-19)23-20(27)18-12-26(8-9-30-18)11-13-4-2-3-5-16(13)22/h2-7,10,13,15-18,24H,8-9,11-12H2,1H3,(H,23,27). The average Bonchev–Trinajstić information content (AvgIpc) is 3.18. The molecule has 7 nitrogen and oxygen atoms in total. The van der Waals surface area contributed by atoms with Crippen molar-refractivity contribution in [3.63, 3.8) is 0 Å². The van der Waals surface area contributed by atoms with Crippen LogP contribution in [0, 0.1) is 11.8 Å². The Hall–Kier alpha value is -2.39. The first-order chi connectivity index (χ1) is 14.5. The number of hydrazone groups is 1. The lowest BCUT2D eigenvalue weighted by molar-refractivity contribution is -0.133. The summed E-state index contributed by atoms with van der Waals surface area (Å²) in [6, 6.07) is -0.120. The molecule has 9 heteroatoms. The molecule has 2 aliphatic heterocycles. The Labute approximate surface area is 179 Å². The number of hydrogen-bond donors (Lipinski definition) is 2. The second-order valence-electron chi connectivity index (χ2n) is 7.64. The molecule has 0 aromatic rings. The second-order valence-corrected chi connectivity index (χ2v) is 8.95. The maximum Gasteiger partial charge on any atom is 0.354 e. The Morgan fingerprint density at radius 2 is 2.20 bits per heavy atom. The molecular formula is C21H25FN4O3S. The number of carbonyl (C=O) groups is 2. The third-order valence-corrected chi connectivity index (χ3v) is 6.81. The molecule has 30 heavy (non-hydrogen) atoms. The van der Waals surface area contributed by atoms with E-state index in [2.05, 4.69) is 20.7 Å². The molecule has 5 unspecified atom stereocenters. The van der Waals surface area contributed by atoms with Crippen LogP contribution in [0.15, 0.2) is 53.3 Å². The van der Waals surface area contributed by atoms with Crippen LogP contribution in [0.4, 0.5) is 4.39 Å². The van der Waals surface area contributed by atoms with Gasteiger partial charge in [-0.15, -0.1) is 11.8 Å². The highest BCUT2D eigenvalue weighted by Crippen LogP contribution is 2.25. The van der Waals surface area contributed by atoms with E-state index in [1.54, 1.807) is 23.9 Å². The van der Waals surface area contributed by atoms with E-state index >= 15 is 0 Å². The van der Waals surface area contributed by atoms with Crippen LogP contribution in [-0.2, 0) is 14.3 Å². The van der Waals surface area contributed by atoms with Gasteiger partial charge in [-0.05, 0) is 12.2 Å². The predicted molar refractivity (Wildman–Crippen MR) is 115 cm³/mol. The van der Waals surface area contributed by atoms with Crippen molar-refractivity contribution >= 4 is 29.4 Å². The smallest absolute Gasteiger partial charge is 0.354 e. The minimum Gasteiger partial charge on any atom is -0.464 e. The van der Waals surface area contributed by atoms with Crippen molar-refractivity contribution in [1.82, 2.24) is 15.6 Å². The van der Waals surface area contributed by atoms with Crippen LogP contribution in [0.1, 0.15) is 0 Å². The number of thioether (sulfide) groups is 1. The number of esters is 1. The van der Waals surface area contributed by atoms with Gasteiger partial charge in [-0.25, -0.2) is 9.18 Å². The molecule has 2 heterocycles. The Kier molecular flexibility index (Phi) is 6.38. The minimum atomic E-state index is -0.979. The number of allylic oxidation sites excluding steroid dienone is 4. The maximum absolute atomic E-state index is 14.1. The largest absolute Gasteiger partial charge is 0.464 e. The van der Waals surface area contributed by atoms with E-state index in [0.29, 0.717) is 24.5 Å². The number of carbonyl (C=O) groups excluding carboxylic acids is 2. The fourth-order valence-corrected chi connectivity index (χ4v) is 5.15. The highest BCUT2D eigenvalue weighted by Gasteiger charge is 2.36. The van der Waals surface area contributed by atoms with Gasteiger partial charge in [-0.2, -0.15) is 5.10 Å². The summed E-state index contributed by atoms with van der Waals surface area (Å²) in [6.45, 7) is 2.02. The number of nitrogens with zero attached hydrogens (tertiary/aromatic N) is 2. The number of nitrogens with one attached hydrogen (secondary N) is 2. The lowest BCUT2D eigenvalue weighted by Gasteiger charge is -2.34. The molecular weight excluding hydrogens is 407 g/mol. The van der Waals surface area contributed by atoms with Crippen LogP contribution in [0.25, 0.3) is 0 Å². The number of halogens is 1. The van der Waals surface area contributed by atoms with Gasteiger partial charge in [0.2, 0.25) is 5.91 Å². The lowest BCUT2D eigenvalue weighted by Crippen LogP contribution is -2.47. The molecule has 0 bridgehead atoms. The normalized spacial score (nSPS) is 32.7. The maximum atomic E-state index is 14.1. The zero-order valence-corrected chi connectivity index (χ0v) is 17.5. The van der Waals surface area contributed by atoms with Gasteiger partial charge in [0.15, 0.2) is 5.71 Å². The Balaban J connectivity index is 1.35. The quantitative estimate of drug-likeness (QED) is 0.635. The van der Waals surface area contributed by atoms with Gasteiger partial charge in [0.25, 0.3) is 0 Å². The summed E-state index contributed by atoms with van der Waals surface area (Å²) in [7, 11) is 1.32. The number of fused-ring (bicyclic) bond motifs is 1. The summed E-state index contributed by atoms with van der Waals surface area (Å²) in [6.07, 6.45) is 11.6. The molecule has 0 radical (unpaired) electrons. The van der Waals surface area contributed by atoms with E-state index in [9.17, 15) is 14.0 Å². The molecule has 0 aromatic carbocycles. The monoisotopic (exact) mass is 432 g/mol. The van der Waals surface area contributed by atoms with Crippen molar-refractivity contribution in [2.24, 2.45) is 16.9 Å². The third kappa shape index (κ3) is 4.52. The van der Waals surface area contributed by atoms with E-state index in [0.717, 1.165) is 12.3 Å². The van der Waals surface area contributed by atoms with Gasteiger partial charge in [0.05, 0.1) is 24.3 Å². The molecule has 2 aliphatic carbocycles. The zero-order chi connectivity index (χ0) is 21.1. The number of hydrogen-bond acceptors (Lipinski definition) is 7. The first-order valence-corrected chi connectivity index (χ1v) is 11.1. The first kappa shape index (κ1) is 20.9. The molecule has 1 amide bonds. The molecule has 4 aliphatic rings. The Bertz CT molecular complexity index is 853. The van der Waals surface area contributed by atoms with E-state index < -0.39 is 12.1 Å². The van der Waals surface area contributed by atoms with Crippen LogP contribution in [0.2, 0.25) is 0 Å². The topological polar surface area (TPSA) is 83.0 Å². The van der Waals surface area contributed by atoms with Crippen molar-refractivity contribution in [3.8, 4) is 0 Å². The summed E-state index contributed by atoms with van der Waals surface area (Å²) in [5.41, 5.74) is 3.84. The molecule has 2 N–H and O–H groups in total. The summed E-state index contributed by atoms with van der Waals surface area (Å²) in [4.78, 5) is 26.9. The van der Waals surface area contributed by atoms with Gasteiger partial charge < -0.3 is 20.4 Å². The molecule has 5 atom stereocenters. The van der Waals surface area contributed by atoms with E-state index in [1.807, 2.05) is 30.4 Å². The minimum absolute atomic E-state index is 0.0857.